The van der Waals surface area contributed by atoms with Crippen LogP contribution in [0.1, 0.15) is 12.0 Å². The van der Waals surface area contributed by atoms with Gasteiger partial charge in [0.1, 0.15) is 17.3 Å². The highest BCUT2D eigenvalue weighted by Gasteiger charge is 2.24. The standard InChI is InChI=1S/C11H11FN2O5S/c12-7-4-8-6(1-2-10(15)14-8)3-9(7)20(18,19)13-5-11(16)17/h3-4,13H,1-2,5H2,(H,14,15)(H,16,17). The lowest BCUT2D eigenvalue weighted by atomic mass is 10.0. The van der Waals surface area contributed by atoms with Gasteiger partial charge in [-0.3, -0.25) is 9.59 Å². The van der Waals surface area contributed by atoms with Crippen LogP contribution >= 0.6 is 0 Å². The monoisotopic (exact) mass is 302 g/mol. The smallest absolute Gasteiger partial charge is 0.318 e. The average Bonchev–Trinajstić information content (AvgIpc) is 2.35. The van der Waals surface area contributed by atoms with Crippen molar-refractivity contribution in [3.63, 3.8) is 0 Å². The van der Waals surface area contributed by atoms with Crippen molar-refractivity contribution < 1.29 is 27.5 Å². The molecule has 0 bridgehead atoms. The molecule has 0 spiro atoms. The third-order valence-corrected chi connectivity index (χ3v) is 4.17. The lowest BCUT2D eigenvalue weighted by Crippen LogP contribution is -2.30. The largest absolute Gasteiger partial charge is 0.480 e. The second kappa shape index (κ2) is 5.17. The average molecular weight is 302 g/mol. The third-order valence-electron chi connectivity index (χ3n) is 2.76. The molecule has 0 radical (unpaired) electrons. The van der Waals surface area contributed by atoms with Crippen LogP contribution in [-0.4, -0.2) is 31.9 Å². The summed E-state index contributed by atoms with van der Waals surface area (Å²) in [7, 11) is -4.25. The lowest BCUT2D eigenvalue weighted by Gasteiger charge is -2.18. The zero-order chi connectivity index (χ0) is 14.9. The third kappa shape index (κ3) is 2.94. The molecule has 1 aliphatic rings. The summed E-state index contributed by atoms with van der Waals surface area (Å²) in [5.74, 6) is -2.69. The fraction of sp³-hybridized carbons (Fsp3) is 0.273. The number of rotatable bonds is 4. The van der Waals surface area contributed by atoms with E-state index in [2.05, 4.69) is 5.32 Å². The Hall–Kier alpha value is -2.00. The van der Waals surface area contributed by atoms with Crippen LogP contribution < -0.4 is 10.0 Å². The summed E-state index contributed by atoms with van der Waals surface area (Å²) in [5, 5.41) is 10.9. The van der Waals surface area contributed by atoms with Crippen LogP contribution in [0.5, 0.6) is 0 Å². The van der Waals surface area contributed by atoms with Crippen molar-refractivity contribution in [2.75, 3.05) is 11.9 Å². The number of sulfonamides is 1. The fourth-order valence-corrected chi connectivity index (χ4v) is 2.90. The quantitative estimate of drug-likeness (QED) is 0.728. The Balaban J connectivity index is 2.38. The van der Waals surface area contributed by atoms with E-state index >= 15 is 0 Å². The summed E-state index contributed by atoms with van der Waals surface area (Å²) in [4.78, 5) is 20.9. The van der Waals surface area contributed by atoms with Crippen LogP contribution in [0.2, 0.25) is 0 Å². The van der Waals surface area contributed by atoms with Crippen LogP contribution in [0.4, 0.5) is 10.1 Å². The van der Waals surface area contributed by atoms with Gasteiger partial charge in [-0.25, -0.2) is 12.8 Å². The Morgan fingerprint density at radius 2 is 2.10 bits per heavy atom. The fourth-order valence-electron chi connectivity index (χ4n) is 1.82. The minimum Gasteiger partial charge on any atom is -0.480 e. The van der Waals surface area contributed by atoms with Gasteiger partial charge in [-0.15, -0.1) is 0 Å². The van der Waals surface area contributed by atoms with Crippen LogP contribution in [0.3, 0.4) is 0 Å². The maximum Gasteiger partial charge on any atom is 0.318 e. The first kappa shape index (κ1) is 14.4. The van der Waals surface area contributed by atoms with E-state index in [1.165, 1.54) is 0 Å². The highest BCUT2D eigenvalue weighted by Crippen LogP contribution is 2.27. The Morgan fingerprint density at radius 1 is 1.40 bits per heavy atom. The second-order valence-electron chi connectivity index (χ2n) is 4.21. The predicted molar refractivity (Wildman–Crippen MR) is 66.2 cm³/mol. The summed E-state index contributed by atoms with van der Waals surface area (Å²) in [6.45, 7) is -0.838. The van der Waals surface area contributed by atoms with Crippen LogP contribution in [-0.2, 0) is 26.0 Å². The molecule has 2 rings (SSSR count). The number of carboxylic acid groups (broad SMARTS) is 1. The van der Waals surface area contributed by atoms with Gasteiger partial charge in [-0.2, -0.15) is 4.72 Å². The number of carbonyl (C=O) groups is 2. The van der Waals surface area contributed by atoms with Gasteiger partial charge in [0.05, 0.1) is 0 Å². The van der Waals surface area contributed by atoms with Gasteiger partial charge in [0.2, 0.25) is 15.9 Å². The number of anilines is 1. The Morgan fingerprint density at radius 3 is 2.75 bits per heavy atom. The number of aryl methyl sites for hydroxylation is 1. The summed E-state index contributed by atoms with van der Waals surface area (Å²) in [6, 6.07) is 2.02. The van der Waals surface area contributed by atoms with Gasteiger partial charge in [-0.1, -0.05) is 0 Å². The molecule has 1 aromatic rings. The highest BCUT2D eigenvalue weighted by atomic mass is 32.2. The van der Waals surface area contributed by atoms with Gasteiger partial charge in [-0.05, 0) is 24.1 Å². The molecule has 1 aromatic carbocycles. The molecule has 1 aliphatic heterocycles. The molecule has 1 heterocycles. The topological polar surface area (TPSA) is 113 Å². The minimum atomic E-state index is -4.25. The van der Waals surface area contributed by atoms with Crippen molar-refractivity contribution >= 4 is 27.6 Å². The van der Waals surface area contributed by atoms with Gasteiger partial charge in [0.25, 0.3) is 0 Å². The second-order valence-corrected chi connectivity index (χ2v) is 5.94. The molecule has 0 saturated carbocycles. The number of fused-ring (bicyclic) bond motifs is 1. The summed E-state index contributed by atoms with van der Waals surface area (Å²) in [6.07, 6.45) is 0.476. The molecule has 0 atom stereocenters. The number of halogens is 1. The van der Waals surface area contributed by atoms with Gasteiger partial charge in [0.15, 0.2) is 0 Å². The van der Waals surface area contributed by atoms with Crippen molar-refractivity contribution in [3.8, 4) is 0 Å². The molecule has 0 aromatic heterocycles. The zero-order valence-corrected chi connectivity index (χ0v) is 11.0. The molecule has 1 amide bonds. The van der Waals surface area contributed by atoms with E-state index in [9.17, 15) is 22.4 Å². The molecular weight excluding hydrogens is 291 g/mol. The maximum absolute atomic E-state index is 13.8. The van der Waals surface area contributed by atoms with Gasteiger partial charge < -0.3 is 10.4 Å². The normalized spacial score (nSPS) is 14.6. The number of hydrogen-bond donors (Lipinski definition) is 3. The van der Waals surface area contributed by atoms with Crippen molar-refractivity contribution in [3.05, 3.63) is 23.5 Å². The summed E-state index contributed by atoms with van der Waals surface area (Å²) < 4.78 is 39.2. The van der Waals surface area contributed by atoms with Crippen molar-refractivity contribution in [2.45, 2.75) is 17.7 Å². The number of benzene rings is 1. The minimum absolute atomic E-state index is 0.181. The Labute approximate surface area is 113 Å². The SMILES string of the molecule is O=C(O)CNS(=O)(=O)c1cc2c(cc1F)NC(=O)CC2. The summed E-state index contributed by atoms with van der Waals surface area (Å²) >= 11 is 0. The van der Waals surface area contributed by atoms with E-state index in [-0.39, 0.29) is 18.0 Å². The van der Waals surface area contributed by atoms with E-state index in [4.69, 9.17) is 5.11 Å². The lowest BCUT2D eigenvalue weighted by molar-refractivity contribution is -0.135. The first-order valence-corrected chi connectivity index (χ1v) is 7.11. The first-order chi connectivity index (χ1) is 9.29. The molecule has 0 saturated heterocycles. The molecule has 0 unspecified atom stereocenters. The number of amides is 1. The summed E-state index contributed by atoms with van der Waals surface area (Å²) in [5.41, 5.74) is 0.720. The van der Waals surface area contributed by atoms with E-state index < -0.39 is 33.3 Å². The Kier molecular flexibility index (Phi) is 3.73. The molecule has 0 aliphatic carbocycles. The van der Waals surface area contributed by atoms with E-state index in [0.717, 1.165) is 12.1 Å². The molecule has 7 nitrogen and oxygen atoms in total. The van der Waals surface area contributed by atoms with E-state index in [1.807, 2.05) is 0 Å². The predicted octanol–water partition coefficient (Wildman–Crippen LogP) is 0.0733. The number of carbonyl (C=O) groups excluding carboxylic acids is 1. The molecule has 108 valence electrons. The van der Waals surface area contributed by atoms with Crippen molar-refractivity contribution in [1.29, 1.82) is 0 Å². The van der Waals surface area contributed by atoms with E-state index in [0.29, 0.717) is 12.0 Å². The van der Waals surface area contributed by atoms with E-state index in [1.54, 1.807) is 4.72 Å². The van der Waals surface area contributed by atoms with Crippen molar-refractivity contribution in [2.24, 2.45) is 0 Å². The van der Waals surface area contributed by atoms with Gasteiger partial charge in [0, 0.05) is 12.1 Å². The number of hydrogen-bond acceptors (Lipinski definition) is 4. The number of aliphatic carboxylic acids is 1. The zero-order valence-electron chi connectivity index (χ0n) is 10.1. The number of nitrogens with one attached hydrogen (secondary N) is 2. The molecule has 3 N–H and O–H groups in total. The van der Waals surface area contributed by atoms with Crippen LogP contribution in [0, 0.1) is 5.82 Å². The van der Waals surface area contributed by atoms with Crippen molar-refractivity contribution in [1.82, 2.24) is 4.72 Å². The van der Waals surface area contributed by atoms with Crippen LogP contribution in [0.25, 0.3) is 0 Å². The van der Waals surface area contributed by atoms with Crippen LogP contribution in [0.15, 0.2) is 17.0 Å². The molecule has 0 fully saturated rings. The molecular formula is C11H11FN2O5S. The number of carboxylic acids is 1. The Bertz CT molecular complexity index is 686. The maximum atomic E-state index is 13.8. The van der Waals surface area contributed by atoms with Gasteiger partial charge >= 0.3 is 5.97 Å². The highest BCUT2D eigenvalue weighted by molar-refractivity contribution is 7.89. The molecule has 20 heavy (non-hydrogen) atoms. The first-order valence-electron chi connectivity index (χ1n) is 5.63. The molecule has 9 heteroatoms.